The molecule has 3 nitrogen and oxygen atoms in total. The van der Waals surface area contributed by atoms with Crippen LogP contribution in [-0.2, 0) is 0 Å². The molecular formula is C48H30N2O. The SMILES string of the molecule is c1ccc(-c2cccc3c4cc(-c5ccc6c(c5)c5ccccc5n6-c5cccc6oc7ccccc7c56)ccc4n(-c4ccccc4)c23)cc1. The molecule has 0 radical (unpaired) electrons. The van der Waals surface area contributed by atoms with Gasteiger partial charge in [-0.15, -0.1) is 0 Å². The summed E-state index contributed by atoms with van der Waals surface area (Å²) in [6, 6.07) is 65.5. The van der Waals surface area contributed by atoms with Crippen LogP contribution in [0.3, 0.4) is 0 Å². The Hall–Kier alpha value is -6.84. The van der Waals surface area contributed by atoms with Crippen molar-refractivity contribution in [2.45, 2.75) is 0 Å². The molecule has 0 unspecified atom stereocenters. The highest BCUT2D eigenvalue weighted by molar-refractivity contribution is 6.17. The van der Waals surface area contributed by atoms with E-state index in [-0.39, 0.29) is 0 Å². The number of para-hydroxylation sites is 4. The first-order valence-electron chi connectivity index (χ1n) is 17.4. The van der Waals surface area contributed by atoms with Crippen molar-refractivity contribution in [1.82, 2.24) is 9.13 Å². The number of aromatic nitrogens is 2. The molecule has 0 bridgehead atoms. The lowest BCUT2D eigenvalue weighted by Crippen LogP contribution is -1.95. The lowest BCUT2D eigenvalue weighted by molar-refractivity contribution is 0.669. The molecule has 0 aliphatic carbocycles. The second-order valence-corrected chi connectivity index (χ2v) is 13.3. The molecule has 0 aliphatic rings. The van der Waals surface area contributed by atoms with E-state index in [1.807, 2.05) is 12.1 Å². The Kier molecular flexibility index (Phi) is 5.96. The van der Waals surface area contributed by atoms with Crippen molar-refractivity contribution >= 4 is 65.6 Å². The Labute approximate surface area is 293 Å². The quantitative estimate of drug-likeness (QED) is 0.186. The number of hydrogen-bond donors (Lipinski definition) is 0. The first-order valence-corrected chi connectivity index (χ1v) is 17.4. The van der Waals surface area contributed by atoms with E-state index in [1.54, 1.807) is 0 Å². The highest BCUT2D eigenvalue weighted by atomic mass is 16.3. The number of hydrogen-bond acceptors (Lipinski definition) is 1. The Balaban J connectivity index is 1.15. The van der Waals surface area contributed by atoms with Crippen molar-refractivity contribution in [3.63, 3.8) is 0 Å². The van der Waals surface area contributed by atoms with Crippen LogP contribution in [-0.4, -0.2) is 9.13 Å². The van der Waals surface area contributed by atoms with Gasteiger partial charge >= 0.3 is 0 Å². The zero-order valence-electron chi connectivity index (χ0n) is 27.6. The Bertz CT molecular complexity index is 3130. The molecule has 0 spiro atoms. The summed E-state index contributed by atoms with van der Waals surface area (Å²) >= 11 is 0. The molecule has 11 rings (SSSR count). The summed E-state index contributed by atoms with van der Waals surface area (Å²) in [5.74, 6) is 0. The van der Waals surface area contributed by atoms with E-state index in [0.29, 0.717) is 0 Å². The van der Waals surface area contributed by atoms with Crippen molar-refractivity contribution < 1.29 is 4.42 Å². The van der Waals surface area contributed by atoms with Crippen LogP contribution in [0.1, 0.15) is 0 Å². The molecule has 11 aromatic rings. The van der Waals surface area contributed by atoms with Crippen LogP contribution in [0, 0.1) is 0 Å². The fourth-order valence-electron chi connectivity index (χ4n) is 8.30. The maximum absolute atomic E-state index is 6.31. The highest BCUT2D eigenvalue weighted by Gasteiger charge is 2.20. The zero-order valence-corrected chi connectivity index (χ0v) is 27.6. The molecule has 3 aromatic heterocycles. The molecule has 3 heterocycles. The van der Waals surface area contributed by atoms with Gasteiger partial charge in [-0.1, -0.05) is 121 Å². The Morgan fingerprint density at radius 2 is 0.941 bits per heavy atom. The third-order valence-electron chi connectivity index (χ3n) is 10.5. The summed E-state index contributed by atoms with van der Waals surface area (Å²) in [6.07, 6.45) is 0. The molecule has 0 aliphatic heterocycles. The molecular weight excluding hydrogens is 621 g/mol. The van der Waals surface area contributed by atoms with E-state index in [2.05, 4.69) is 179 Å². The first-order chi connectivity index (χ1) is 25.3. The standard InChI is InChI=1S/C48H30N2O/c1-3-13-31(14-4-1)35-19-11-20-37-40-30-33(25-27-42(40)49(48(35)37)34-15-5-2-6-16-34)32-26-28-43-39(29-32)36-17-7-9-21-41(36)50(43)44-22-12-24-46-47(44)38-18-8-10-23-45(38)51-46/h1-30H. The topological polar surface area (TPSA) is 23.0 Å². The summed E-state index contributed by atoms with van der Waals surface area (Å²) in [4.78, 5) is 0. The minimum atomic E-state index is 0.898. The van der Waals surface area contributed by atoms with E-state index < -0.39 is 0 Å². The van der Waals surface area contributed by atoms with Crippen molar-refractivity contribution in [2.75, 3.05) is 0 Å². The third-order valence-corrected chi connectivity index (χ3v) is 10.5. The fourth-order valence-corrected chi connectivity index (χ4v) is 8.30. The summed E-state index contributed by atoms with van der Waals surface area (Å²) < 4.78 is 11.1. The number of benzene rings is 8. The van der Waals surface area contributed by atoms with Gasteiger partial charge in [-0.05, 0) is 77.4 Å². The maximum atomic E-state index is 6.31. The highest BCUT2D eigenvalue weighted by Crippen LogP contribution is 2.42. The van der Waals surface area contributed by atoms with Crippen LogP contribution in [0.4, 0.5) is 0 Å². The molecule has 8 aromatic carbocycles. The van der Waals surface area contributed by atoms with Gasteiger partial charge in [0.05, 0.1) is 33.1 Å². The van der Waals surface area contributed by atoms with Gasteiger partial charge in [-0.2, -0.15) is 0 Å². The van der Waals surface area contributed by atoms with E-state index in [1.165, 1.54) is 65.9 Å². The normalized spacial score (nSPS) is 11.9. The molecule has 238 valence electrons. The third kappa shape index (κ3) is 4.12. The zero-order chi connectivity index (χ0) is 33.5. The van der Waals surface area contributed by atoms with E-state index in [9.17, 15) is 0 Å². The summed E-state index contributed by atoms with van der Waals surface area (Å²) in [5, 5.41) is 7.21. The van der Waals surface area contributed by atoms with Gasteiger partial charge in [0, 0.05) is 38.2 Å². The average Bonchev–Trinajstić information content (AvgIpc) is 3.86. The molecule has 3 heteroatoms. The van der Waals surface area contributed by atoms with Crippen LogP contribution in [0.2, 0.25) is 0 Å². The Morgan fingerprint density at radius 1 is 0.353 bits per heavy atom. The number of rotatable bonds is 4. The van der Waals surface area contributed by atoms with Crippen molar-refractivity contribution in [1.29, 1.82) is 0 Å². The van der Waals surface area contributed by atoms with Gasteiger partial charge in [-0.3, -0.25) is 0 Å². The number of furan rings is 1. The largest absolute Gasteiger partial charge is 0.456 e. The number of fused-ring (bicyclic) bond motifs is 9. The predicted molar refractivity (Wildman–Crippen MR) is 213 cm³/mol. The van der Waals surface area contributed by atoms with Crippen LogP contribution in [0.5, 0.6) is 0 Å². The van der Waals surface area contributed by atoms with Crippen LogP contribution in [0.15, 0.2) is 186 Å². The minimum Gasteiger partial charge on any atom is -0.456 e. The monoisotopic (exact) mass is 650 g/mol. The minimum absolute atomic E-state index is 0.898. The maximum Gasteiger partial charge on any atom is 0.137 e. The average molecular weight is 651 g/mol. The fraction of sp³-hybridized carbons (Fsp3) is 0. The van der Waals surface area contributed by atoms with Crippen LogP contribution >= 0.6 is 0 Å². The van der Waals surface area contributed by atoms with Gasteiger partial charge in [0.15, 0.2) is 0 Å². The van der Waals surface area contributed by atoms with Gasteiger partial charge < -0.3 is 13.6 Å². The Morgan fingerprint density at radius 3 is 1.75 bits per heavy atom. The van der Waals surface area contributed by atoms with E-state index >= 15 is 0 Å². The van der Waals surface area contributed by atoms with Gasteiger partial charge in [0.1, 0.15) is 11.2 Å². The van der Waals surface area contributed by atoms with Gasteiger partial charge in [0.2, 0.25) is 0 Å². The van der Waals surface area contributed by atoms with E-state index in [0.717, 1.165) is 33.3 Å². The molecule has 0 saturated heterocycles. The molecule has 0 amide bonds. The summed E-state index contributed by atoms with van der Waals surface area (Å²) in [6.45, 7) is 0. The van der Waals surface area contributed by atoms with Crippen molar-refractivity contribution in [3.05, 3.63) is 182 Å². The lowest BCUT2D eigenvalue weighted by atomic mass is 9.99. The predicted octanol–water partition coefficient (Wildman–Crippen LogP) is 13.1. The number of nitrogens with zero attached hydrogens (tertiary/aromatic N) is 2. The smallest absolute Gasteiger partial charge is 0.137 e. The summed E-state index contributed by atoms with van der Waals surface area (Å²) in [7, 11) is 0. The molecule has 0 saturated carbocycles. The van der Waals surface area contributed by atoms with Gasteiger partial charge in [0.25, 0.3) is 0 Å². The second-order valence-electron chi connectivity index (χ2n) is 13.3. The van der Waals surface area contributed by atoms with Crippen LogP contribution in [0.25, 0.3) is 99.2 Å². The van der Waals surface area contributed by atoms with Crippen LogP contribution < -0.4 is 0 Å². The van der Waals surface area contributed by atoms with Crippen molar-refractivity contribution in [2.24, 2.45) is 0 Å². The lowest BCUT2D eigenvalue weighted by Gasteiger charge is -2.12. The summed E-state index contributed by atoms with van der Waals surface area (Å²) in [5.41, 5.74) is 13.7. The van der Waals surface area contributed by atoms with Crippen molar-refractivity contribution in [3.8, 4) is 33.6 Å². The molecule has 51 heavy (non-hydrogen) atoms. The van der Waals surface area contributed by atoms with Gasteiger partial charge in [-0.25, -0.2) is 0 Å². The molecule has 0 N–H and O–H groups in total. The molecule has 0 atom stereocenters. The first kappa shape index (κ1) is 28.0. The van der Waals surface area contributed by atoms with E-state index in [4.69, 9.17) is 4.42 Å². The second kappa shape index (κ2) is 10.8. The molecule has 0 fully saturated rings.